The van der Waals surface area contributed by atoms with Gasteiger partial charge in [-0.15, -0.1) is 0 Å². The minimum absolute atomic E-state index is 0.0301. The molecule has 0 bridgehead atoms. The first kappa shape index (κ1) is 16.1. The van der Waals surface area contributed by atoms with Crippen molar-refractivity contribution < 1.29 is 17.9 Å². The van der Waals surface area contributed by atoms with Gasteiger partial charge in [0.05, 0.1) is 11.4 Å². The molecule has 0 aliphatic rings. The fraction of sp³-hybridized carbons (Fsp3) is 0.538. The van der Waals surface area contributed by atoms with Crippen molar-refractivity contribution in [2.24, 2.45) is 0 Å². The summed E-state index contributed by atoms with van der Waals surface area (Å²) >= 11 is 0. The maximum Gasteiger partial charge on any atom is 0.215 e. The number of hydrogen-bond acceptors (Lipinski definition) is 3. The van der Waals surface area contributed by atoms with Crippen LogP contribution in [0.3, 0.4) is 0 Å². The zero-order chi connectivity index (χ0) is 14.5. The minimum atomic E-state index is -3.58. The van der Waals surface area contributed by atoms with E-state index in [1.54, 1.807) is 19.9 Å². The van der Waals surface area contributed by atoms with Gasteiger partial charge >= 0.3 is 0 Å². The standard InChI is InChI=1S/C13H20FNO3S/c1-3-13(16,4-2)10-15-19(17,18)9-11-6-5-7-12(14)8-11/h5-8,15-16H,3-4,9-10H2,1-2H3. The summed E-state index contributed by atoms with van der Waals surface area (Å²) in [5, 5.41) is 10.0. The zero-order valence-corrected chi connectivity index (χ0v) is 12.0. The highest BCUT2D eigenvalue weighted by molar-refractivity contribution is 7.88. The average Bonchev–Trinajstić information content (AvgIpc) is 2.36. The van der Waals surface area contributed by atoms with E-state index < -0.39 is 21.4 Å². The van der Waals surface area contributed by atoms with E-state index >= 15 is 0 Å². The predicted molar refractivity (Wildman–Crippen MR) is 72.6 cm³/mol. The van der Waals surface area contributed by atoms with Crippen LogP contribution < -0.4 is 4.72 Å². The summed E-state index contributed by atoms with van der Waals surface area (Å²) < 4.78 is 39.0. The monoisotopic (exact) mass is 289 g/mol. The highest BCUT2D eigenvalue weighted by atomic mass is 32.2. The maximum absolute atomic E-state index is 13.0. The molecule has 0 aliphatic heterocycles. The van der Waals surface area contributed by atoms with E-state index in [1.165, 1.54) is 18.2 Å². The highest BCUT2D eigenvalue weighted by Crippen LogP contribution is 2.14. The van der Waals surface area contributed by atoms with Crippen molar-refractivity contribution in [2.45, 2.75) is 38.0 Å². The van der Waals surface area contributed by atoms with E-state index in [0.29, 0.717) is 18.4 Å². The molecule has 0 saturated carbocycles. The second-order valence-electron chi connectivity index (χ2n) is 4.64. The smallest absolute Gasteiger partial charge is 0.215 e. The molecule has 1 rings (SSSR count). The molecule has 1 aromatic carbocycles. The third-order valence-corrected chi connectivity index (χ3v) is 4.48. The number of rotatable bonds is 7. The van der Waals surface area contributed by atoms with Crippen molar-refractivity contribution >= 4 is 10.0 Å². The Balaban J connectivity index is 2.67. The molecule has 0 aromatic heterocycles. The van der Waals surface area contributed by atoms with E-state index in [9.17, 15) is 17.9 Å². The van der Waals surface area contributed by atoms with Crippen LogP contribution in [0.4, 0.5) is 4.39 Å². The second-order valence-corrected chi connectivity index (χ2v) is 6.45. The average molecular weight is 289 g/mol. The summed E-state index contributed by atoms with van der Waals surface area (Å²) in [6.45, 7) is 3.56. The van der Waals surface area contributed by atoms with Gasteiger partial charge in [-0.05, 0) is 30.5 Å². The quantitative estimate of drug-likeness (QED) is 0.804. The molecule has 0 radical (unpaired) electrons. The predicted octanol–water partition coefficient (Wildman–Crippen LogP) is 1.80. The summed E-state index contributed by atoms with van der Waals surface area (Å²) in [5.41, 5.74) is -0.654. The van der Waals surface area contributed by atoms with Crippen LogP contribution in [-0.2, 0) is 15.8 Å². The fourth-order valence-corrected chi connectivity index (χ4v) is 2.85. The number of aliphatic hydroxyl groups is 1. The Morgan fingerprint density at radius 3 is 2.47 bits per heavy atom. The largest absolute Gasteiger partial charge is 0.389 e. The topological polar surface area (TPSA) is 66.4 Å². The maximum atomic E-state index is 13.0. The fourth-order valence-electron chi connectivity index (χ4n) is 1.64. The summed E-state index contributed by atoms with van der Waals surface area (Å²) in [7, 11) is -3.58. The first-order valence-corrected chi connectivity index (χ1v) is 7.89. The Kier molecular flexibility index (Phi) is 5.46. The molecule has 2 N–H and O–H groups in total. The number of hydrogen-bond donors (Lipinski definition) is 2. The third kappa shape index (κ3) is 5.26. The lowest BCUT2D eigenvalue weighted by molar-refractivity contribution is 0.0377. The van der Waals surface area contributed by atoms with Gasteiger partial charge in [-0.2, -0.15) is 0 Å². The van der Waals surface area contributed by atoms with Gasteiger partial charge in [0.2, 0.25) is 10.0 Å². The molecule has 0 unspecified atom stereocenters. The second kappa shape index (κ2) is 6.45. The van der Waals surface area contributed by atoms with E-state index in [2.05, 4.69) is 4.72 Å². The Morgan fingerprint density at radius 1 is 1.32 bits per heavy atom. The van der Waals surface area contributed by atoms with Crippen molar-refractivity contribution in [3.05, 3.63) is 35.6 Å². The first-order valence-electron chi connectivity index (χ1n) is 6.24. The molecular weight excluding hydrogens is 269 g/mol. The van der Waals surface area contributed by atoms with Crippen LogP contribution in [-0.4, -0.2) is 25.7 Å². The number of benzene rings is 1. The number of sulfonamides is 1. The Bertz CT molecular complexity index is 512. The molecule has 108 valence electrons. The SMILES string of the molecule is CCC(O)(CC)CNS(=O)(=O)Cc1cccc(F)c1. The molecule has 0 amide bonds. The number of nitrogens with one attached hydrogen (secondary N) is 1. The van der Waals surface area contributed by atoms with E-state index in [1.807, 2.05) is 0 Å². The Morgan fingerprint density at radius 2 is 1.95 bits per heavy atom. The molecule has 0 fully saturated rings. The highest BCUT2D eigenvalue weighted by Gasteiger charge is 2.24. The van der Waals surface area contributed by atoms with Gasteiger partial charge in [-0.25, -0.2) is 17.5 Å². The molecular formula is C13H20FNO3S. The first-order chi connectivity index (χ1) is 8.80. The minimum Gasteiger partial charge on any atom is -0.389 e. The van der Waals surface area contributed by atoms with Crippen molar-refractivity contribution in [1.82, 2.24) is 4.72 Å². The Labute approximate surface area is 113 Å². The lowest BCUT2D eigenvalue weighted by Gasteiger charge is -2.25. The summed E-state index contributed by atoms with van der Waals surface area (Å²) in [6.07, 6.45) is 0.929. The molecule has 0 spiro atoms. The van der Waals surface area contributed by atoms with Gasteiger partial charge in [0.25, 0.3) is 0 Å². The summed E-state index contributed by atoms with van der Waals surface area (Å²) in [4.78, 5) is 0. The lowest BCUT2D eigenvalue weighted by atomic mass is 9.98. The number of halogens is 1. The van der Waals surface area contributed by atoms with Crippen LogP contribution in [0.15, 0.2) is 24.3 Å². The van der Waals surface area contributed by atoms with E-state index in [0.717, 1.165) is 0 Å². The van der Waals surface area contributed by atoms with E-state index in [4.69, 9.17) is 0 Å². The van der Waals surface area contributed by atoms with Crippen molar-refractivity contribution in [3.63, 3.8) is 0 Å². The Hall–Kier alpha value is -0.980. The van der Waals surface area contributed by atoms with Crippen LogP contribution in [0.5, 0.6) is 0 Å². The van der Waals surface area contributed by atoms with Crippen molar-refractivity contribution in [2.75, 3.05) is 6.54 Å². The normalized spacial score (nSPS) is 12.6. The lowest BCUT2D eigenvalue weighted by Crippen LogP contribution is -2.42. The molecule has 0 aliphatic carbocycles. The van der Waals surface area contributed by atoms with Crippen LogP contribution in [0.1, 0.15) is 32.3 Å². The third-order valence-electron chi connectivity index (χ3n) is 3.18. The molecule has 4 nitrogen and oxygen atoms in total. The van der Waals surface area contributed by atoms with Gasteiger partial charge in [0.15, 0.2) is 0 Å². The van der Waals surface area contributed by atoms with Gasteiger partial charge in [-0.3, -0.25) is 0 Å². The van der Waals surface area contributed by atoms with Gasteiger partial charge in [0, 0.05) is 6.54 Å². The molecule has 6 heteroatoms. The van der Waals surface area contributed by atoms with E-state index in [-0.39, 0.29) is 12.3 Å². The zero-order valence-electron chi connectivity index (χ0n) is 11.2. The molecule has 1 aromatic rings. The summed E-state index contributed by atoms with van der Waals surface area (Å²) in [5.74, 6) is -0.764. The van der Waals surface area contributed by atoms with Crippen molar-refractivity contribution in [1.29, 1.82) is 0 Å². The van der Waals surface area contributed by atoms with Crippen LogP contribution in [0, 0.1) is 5.82 Å². The van der Waals surface area contributed by atoms with Gasteiger partial charge in [-0.1, -0.05) is 26.0 Å². The van der Waals surface area contributed by atoms with Crippen molar-refractivity contribution in [3.8, 4) is 0 Å². The van der Waals surface area contributed by atoms with Crippen LogP contribution in [0.2, 0.25) is 0 Å². The molecule has 0 heterocycles. The molecule has 0 saturated heterocycles. The van der Waals surface area contributed by atoms with Gasteiger partial charge < -0.3 is 5.11 Å². The molecule has 19 heavy (non-hydrogen) atoms. The van der Waals surface area contributed by atoms with Crippen LogP contribution >= 0.6 is 0 Å². The molecule has 0 atom stereocenters. The summed E-state index contributed by atoms with van der Waals surface area (Å²) in [6, 6.07) is 5.46. The van der Waals surface area contributed by atoms with Gasteiger partial charge in [0.1, 0.15) is 5.82 Å². The van der Waals surface area contributed by atoms with Crippen LogP contribution in [0.25, 0.3) is 0 Å².